The van der Waals surface area contributed by atoms with Crippen LogP contribution in [0.4, 0.5) is 5.82 Å². The van der Waals surface area contributed by atoms with Gasteiger partial charge in [-0.25, -0.2) is 13.4 Å². The highest BCUT2D eigenvalue weighted by atomic mass is 32.2. The summed E-state index contributed by atoms with van der Waals surface area (Å²) in [5.74, 6) is 0.766. The van der Waals surface area contributed by atoms with E-state index in [-0.39, 0.29) is 0 Å². The Hall–Kier alpha value is -1.14. The second kappa shape index (κ2) is 6.16. The molecule has 1 aromatic heterocycles. The highest BCUT2D eigenvalue weighted by Gasteiger charge is 2.41. The lowest BCUT2D eigenvalue weighted by Gasteiger charge is -2.17. The van der Waals surface area contributed by atoms with Gasteiger partial charge in [0.15, 0.2) is 0 Å². The summed E-state index contributed by atoms with van der Waals surface area (Å²) >= 11 is 0. The lowest BCUT2D eigenvalue weighted by molar-refractivity contribution is 0.477. The van der Waals surface area contributed by atoms with E-state index in [1.165, 1.54) is 31.9 Å². The van der Waals surface area contributed by atoms with Gasteiger partial charge in [-0.05, 0) is 49.7 Å². The number of rotatable bonds is 7. The molecule has 2 heterocycles. The molecule has 0 atom stereocenters. The Morgan fingerprint density at radius 3 is 2.55 bits per heavy atom. The van der Waals surface area contributed by atoms with Gasteiger partial charge >= 0.3 is 0 Å². The molecule has 1 saturated carbocycles. The standard InChI is InChI=1S/C16H25N3O2S/c1-2-7-16(8-9-16)13-18-15-6-5-14(12-17-15)22(20,21)19-10-3-4-11-19/h5-6,12H,2-4,7-11,13H2,1H3,(H,17,18). The van der Waals surface area contributed by atoms with Crippen LogP contribution in [0.25, 0.3) is 0 Å². The second-order valence-electron chi connectivity index (χ2n) is 6.59. The third kappa shape index (κ3) is 3.27. The normalized spacial score (nSPS) is 21.0. The third-order valence-corrected chi connectivity index (χ3v) is 6.70. The van der Waals surface area contributed by atoms with Crippen molar-refractivity contribution in [2.24, 2.45) is 5.41 Å². The summed E-state index contributed by atoms with van der Waals surface area (Å²) in [4.78, 5) is 4.59. The summed E-state index contributed by atoms with van der Waals surface area (Å²) in [6.07, 6.45) is 8.42. The third-order valence-electron chi connectivity index (χ3n) is 4.82. The first-order valence-corrected chi connectivity index (χ1v) is 9.70. The summed E-state index contributed by atoms with van der Waals surface area (Å²) < 4.78 is 26.4. The molecule has 1 saturated heterocycles. The topological polar surface area (TPSA) is 62.3 Å². The van der Waals surface area contributed by atoms with Crippen LogP contribution >= 0.6 is 0 Å². The molecule has 2 aliphatic rings. The minimum atomic E-state index is -3.35. The molecular formula is C16H25N3O2S. The molecule has 5 nitrogen and oxygen atoms in total. The first-order valence-electron chi connectivity index (χ1n) is 8.26. The fourth-order valence-electron chi connectivity index (χ4n) is 3.22. The van der Waals surface area contributed by atoms with E-state index in [2.05, 4.69) is 17.2 Å². The van der Waals surface area contributed by atoms with Crippen LogP contribution in [0.2, 0.25) is 0 Å². The Morgan fingerprint density at radius 1 is 1.27 bits per heavy atom. The van der Waals surface area contributed by atoms with Crippen molar-refractivity contribution in [3.63, 3.8) is 0 Å². The molecule has 1 aliphatic carbocycles. The average molecular weight is 323 g/mol. The first kappa shape index (κ1) is 15.7. The molecule has 3 rings (SSSR count). The summed E-state index contributed by atoms with van der Waals surface area (Å²) in [6.45, 7) is 4.41. The van der Waals surface area contributed by atoms with E-state index in [9.17, 15) is 8.42 Å². The predicted molar refractivity (Wildman–Crippen MR) is 87.3 cm³/mol. The first-order chi connectivity index (χ1) is 10.6. The number of aromatic nitrogens is 1. The fourth-order valence-corrected chi connectivity index (χ4v) is 4.68. The van der Waals surface area contributed by atoms with Gasteiger partial charge in [-0.2, -0.15) is 4.31 Å². The van der Waals surface area contributed by atoms with Crippen LogP contribution in [0.1, 0.15) is 45.4 Å². The maximum Gasteiger partial charge on any atom is 0.244 e. The van der Waals surface area contributed by atoms with E-state index < -0.39 is 10.0 Å². The molecule has 0 radical (unpaired) electrons. The number of nitrogens with one attached hydrogen (secondary N) is 1. The van der Waals surface area contributed by atoms with Crippen LogP contribution < -0.4 is 5.32 Å². The second-order valence-corrected chi connectivity index (χ2v) is 8.53. The van der Waals surface area contributed by atoms with Crippen LogP contribution in [0.15, 0.2) is 23.2 Å². The van der Waals surface area contributed by atoms with E-state index in [0.29, 0.717) is 23.4 Å². The molecule has 1 N–H and O–H groups in total. The van der Waals surface area contributed by atoms with E-state index in [0.717, 1.165) is 25.2 Å². The predicted octanol–water partition coefficient (Wildman–Crippen LogP) is 2.86. The van der Waals surface area contributed by atoms with Gasteiger partial charge in [0.25, 0.3) is 0 Å². The number of sulfonamides is 1. The zero-order valence-corrected chi connectivity index (χ0v) is 14.0. The van der Waals surface area contributed by atoms with Crippen molar-refractivity contribution in [1.29, 1.82) is 0 Å². The summed E-state index contributed by atoms with van der Waals surface area (Å²) in [6, 6.07) is 3.45. The quantitative estimate of drug-likeness (QED) is 0.838. The highest BCUT2D eigenvalue weighted by molar-refractivity contribution is 7.89. The number of hydrogen-bond acceptors (Lipinski definition) is 4. The maximum atomic E-state index is 12.4. The number of anilines is 1. The Kier molecular flexibility index (Phi) is 4.41. The molecule has 122 valence electrons. The maximum absolute atomic E-state index is 12.4. The number of nitrogens with zero attached hydrogens (tertiary/aromatic N) is 2. The van der Waals surface area contributed by atoms with Crippen molar-refractivity contribution < 1.29 is 8.42 Å². The van der Waals surface area contributed by atoms with Crippen LogP contribution in [-0.2, 0) is 10.0 Å². The van der Waals surface area contributed by atoms with E-state index in [1.54, 1.807) is 16.4 Å². The molecule has 2 fully saturated rings. The zero-order chi connectivity index (χ0) is 15.6. The van der Waals surface area contributed by atoms with Crippen LogP contribution in [0.3, 0.4) is 0 Å². The molecule has 0 unspecified atom stereocenters. The van der Waals surface area contributed by atoms with Crippen molar-refractivity contribution in [3.8, 4) is 0 Å². The van der Waals surface area contributed by atoms with Crippen molar-refractivity contribution >= 4 is 15.8 Å². The lowest BCUT2D eigenvalue weighted by Crippen LogP contribution is -2.28. The Morgan fingerprint density at radius 2 is 2.00 bits per heavy atom. The van der Waals surface area contributed by atoms with Crippen LogP contribution in [0.5, 0.6) is 0 Å². The minimum Gasteiger partial charge on any atom is -0.370 e. The van der Waals surface area contributed by atoms with Gasteiger partial charge in [0.2, 0.25) is 10.0 Å². The summed E-state index contributed by atoms with van der Waals surface area (Å²) in [5, 5.41) is 3.36. The molecule has 0 amide bonds. The van der Waals surface area contributed by atoms with Gasteiger partial charge in [-0.1, -0.05) is 13.3 Å². The SMILES string of the molecule is CCCC1(CNc2ccc(S(=O)(=O)N3CCCC3)cn2)CC1. The van der Waals surface area contributed by atoms with Crippen molar-refractivity contribution in [2.45, 2.75) is 50.3 Å². The van der Waals surface area contributed by atoms with Gasteiger partial charge in [0.1, 0.15) is 10.7 Å². The monoisotopic (exact) mass is 323 g/mol. The highest BCUT2D eigenvalue weighted by Crippen LogP contribution is 2.49. The fraction of sp³-hybridized carbons (Fsp3) is 0.688. The average Bonchev–Trinajstić information content (AvgIpc) is 3.05. The largest absolute Gasteiger partial charge is 0.370 e. The molecule has 0 aromatic carbocycles. The number of hydrogen-bond donors (Lipinski definition) is 1. The molecule has 0 bridgehead atoms. The summed E-state index contributed by atoms with van der Waals surface area (Å²) in [7, 11) is -3.35. The van der Waals surface area contributed by atoms with E-state index in [1.807, 2.05) is 0 Å². The van der Waals surface area contributed by atoms with Gasteiger partial charge in [-0.3, -0.25) is 0 Å². The molecule has 22 heavy (non-hydrogen) atoms. The van der Waals surface area contributed by atoms with Gasteiger partial charge in [0.05, 0.1) is 0 Å². The Balaban J connectivity index is 1.63. The van der Waals surface area contributed by atoms with Crippen LogP contribution in [0, 0.1) is 5.41 Å². The van der Waals surface area contributed by atoms with E-state index >= 15 is 0 Å². The molecule has 1 aromatic rings. The van der Waals surface area contributed by atoms with Crippen molar-refractivity contribution in [1.82, 2.24) is 9.29 Å². The number of pyridine rings is 1. The molecule has 0 spiro atoms. The zero-order valence-electron chi connectivity index (χ0n) is 13.2. The summed E-state index contributed by atoms with van der Waals surface area (Å²) in [5.41, 5.74) is 0.455. The Labute approximate surface area is 133 Å². The molecular weight excluding hydrogens is 298 g/mol. The molecule has 1 aliphatic heterocycles. The Bertz CT molecular complexity index is 603. The van der Waals surface area contributed by atoms with Crippen molar-refractivity contribution in [3.05, 3.63) is 18.3 Å². The lowest BCUT2D eigenvalue weighted by atomic mass is 10.0. The van der Waals surface area contributed by atoms with Gasteiger partial charge in [0, 0.05) is 25.8 Å². The minimum absolute atomic E-state index is 0.301. The van der Waals surface area contributed by atoms with Gasteiger partial charge < -0.3 is 5.32 Å². The van der Waals surface area contributed by atoms with Crippen molar-refractivity contribution in [2.75, 3.05) is 25.0 Å². The van der Waals surface area contributed by atoms with E-state index in [4.69, 9.17) is 0 Å². The molecule has 6 heteroatoms. The van der Waals surface area contributed by atoms with Crippen LogP contribution in [-0.4, -0.2) is 37.3 Å². The van der Waals surface area contributed by atoms with Gasteiger partial charge in [-0.15, -0.1) is 0 Å². The smallest absolute Gasteiger partial charge is 0.244 e.